The lowest BCUT2D eigenvalue weighted by Gasteiger charge is -2.26. The largest absolute Gasteiger partial charge is 0.462 e. The van der Waals surface area contributed by atoms with Crippen molar-refractivity contribution in [1.82, 2.24) is 14.6 Å². The molecular formula is C22H27N3O5S. The molecule has 1 aromatic carbocycles. The Balaban J connectivity index is 1.67. The molecule has 31 heavy (non-hydrogen) atoms. The van der Waals surface area contributed by atoms with Crippen LogP contribution in [0.15, 0.2) is 41.3 Å². The van der Waals surface area contributed by atoms with Gasteiger partial charge in [0.1, 0.15) is 5.69 Å². The number of pyridine rings is 1. The van der Waals surface area contributed by atoms with Crippen LogP contribution < -0.4 is 5.32 Å². The molecule has 0 saturated carbocycles. The maximum atomic E-state index is 12.9. The van der Waals surface area contributed by atoms with Gasteiger partial charge in [0.15, 0.2) is 0 Å². The molecule has 3 rings (SSSR count). The first-order valence-corrected chi connectivity index (χ1v) is 11.8. The van der Waals surface area contributed by atoms with Gasteiger partial charge >= 0.3 is 5.97 Å². The molecule has 0 radical (unpaired) electrons. The normalized spacial score (nSPS) is 14.8. The van der Waals surface area contributed by atoms with Gasteiger partial charge in [-0.3, -0.25) is 4.79 Å². The maximum Gasteiger partial charge on any atom is 0.339 e. The number of carbonyl (C=O) groups excluding carboxylic acids is 2. The Kier molecular flexibility index (Phi) is 7.40. The number of esters is 1. The number of carbonyl (C=O) groups is 2. The fourth-order valence-corrected chi connectivity index (χ4v) is 5.04. The molecule has 1 aromatic heterocycles. The minimum atomic E-state index is -3.53. The van der Waals surface area contributed by atoms with Gasteiger partial charge in [-0.1, -0.05) is 18.6 Å². The number of aryl methyl sites for hydroxylation is 1. The predicted molar refractivity (Wildman–Crippen MR) is 115 cm³/mol. The molecule has 1 fully saturated rings. The molecule has 0 spiro atoms. The van der Waals surface area contributed by atoms with Gasteiger partial charge in [0, 0.05) is 19.6 Å². The first-order valence-electron chi connectivity index (χ1n) is 10.3. The van der Waals surface area contributed by atoms with Crippen molar-refractivity contribution in [3.05, 3.63) is 58.9 Å². The fraction of sp³-hybridized carbons (Fsp3) is 0.409. The summed E-state index contributed by atoms with van der Waals surface area (Å²) >= 11 is 0. The number of piperidine rings is 1. The van der Waals surface area contributed by atoms with Crippen molar-refractivity contribution >= 4 is 21.9 Å². The number of sulfonamides is 1. The lowest BCUT2D eigenvalue weighted by Crippen LogP contribution is -2.35. The Hall–Kier alpha value is -2.78. The van der Waals surface area contributed by atoms with Crippen LogP contribution >= 0.6 is 0 Å². The van der Waals surface area contributed by atoms with Crippen LogP contribution in [0.25, 0.3) is 0 Å². The van der Waals surface area contributed by atoms with E-state index in [0.717, 1.165) is 19.3 Å². The van der Waals surface area contributed by atoms with Crippen LogP contribution in [0.4, 0.5) is 0 Å². The van der Waals surface area contributed by atoms with Crippen molar-refractivity contribution in [2.75, 3.05) is 19.7 Å². The van der Waals surface area contributed by atoms with Crippen molar-refractivity contribution in [2.24, 2.45) is 0 Å². The number of benzene rings is 1. The molecule has 0 bridgehead atoms. The zero-order valence-electron chi connectivity index (χ0n) is 17.8. The molecule has 1 aliphatic heterocycles. The summed E-state index contributed by atoms with van der Waals surface area (Å²) in [6.07, 6.45) is 2.79. The fourth-order valence-electron chi connectivity index (χ4n) is 3.46. The SMILES string of the molecule is CCOC(=O)c1ccc(C(=O)NCc2cccc(S(=O)(=O)N3CCCCC3)c2)nc1C. The molecule has 0 aliphatic carbocycles. The van der Waals surface area contributed by atoms with Gasteiger partial charge in [-0.05, 0) is 56.5 Å². The molecule has 1 amide bonds. The van der Waals surface area contributed by atoms with Gasteiger partial charge < -0.3 is 10.1 Å². The number of hydrogen-bond donors (Lipinski definition) is 1. The highest BCUT2D eigenvalue weighted by Crippen LogP contribution is 2.21. The minimum absolute atomic E-state index is 0.155. The summed E-state index contributed by atoms with van der Waals surface area (Å²) in [5.41, 5.74) is 1.56. The third-order valence-corrected chi connectivity index (χ3v) is 7.01. The van der Waals surface area contributed by atoms with Crippen LogP contribution in [0.5, 0.6) is 0 Å². The Morgan fingerprint density at radius 2 is 1.87 bits per heavy atom. The zero-order valence-corrected chi connectivity index (χ0v) is 18.6. The summed E-state index contributed by atoms with van der Waals surface area (Å²) in [6.45, 7) is 4.84. The monoisotopic (exact) mass is 445 g/mol. The van der Waals surface area contributed by atoms with Gasteiger partial charge in [0.05, 0.1) is 22.8 Å². The third kappa shape index (κ3) is 5.48. The molecule has 166 valence electrons. The number of aromatic nitrogens is 1. The summed E-state index contributed by atoms with van der Waals surface area (Å²) in [4.78, 5) is 28.8. The summed E-state index contributed by atoms with van der Waals surface area (Å²) in [7, 11) is -3.53. The zero-order chi connectivity index (χ0) is 22.4. The van der Waals surface area contributed by atoms with E-state index in [1.54, 1.807) is 38.1 Å². The van der Waals surface area contributed by atoms with E-state index in [9.17, 15) is 18.0 Å². The van der Waals surface area contributed by atoms with Crippen LogP contribution in [0, 0.1) is 6.92 Å². The maximum absolute atomic E-state index is 12.9. The van der Waals surface area contributed by atoms with Crippen LogP contribution in [-0.2, 0) is 21.3 Å². The second-order valence-corrected chi connectivity index (χ2v) is 9.28. The van der Waals surface area contributed by atoms with E-state index in [2.05, 4.69) is 10.3 Å². The van der Waals surface area contributed by atoms with E-state index in [0.29, 0.717) is 29.9 Å². The molecule has 2 heterocycles. The summed E-state index contributed by atoms with van der Waals surface area (Å²) in [5.74, 6) is -0.894. The highest BCUT2D eigenvalue weighted by atomic mass is 32.2. The number of nitrogens with one attached hydrogen (secondary N) is 1. The number of amides is 1. The first-order chi connectivity index (χ1) is 14.8. The predicted octanol–water partition coefficient (Wildman–Crippen LogP) is 2.67. The Labute approximate surface area is 182 Å². The van der Waals surface area contributed by atoms with Crippen molar-refractivity contribution < 1.29 is 22.7 Å². The standard InChI is InChI=1S/C22H27N3O5S/c1-3-30-22(27)19-10-11-20(24-16(19)2)21(26)23-15-17-8-7-9-18(14-17)31(28,29)25-12-5-4-6-13-25/h7-11,14H,3-6,12-13,15H2,1-2H3,(H,23,26). The van der Waals surface area contributed by atoms with E-state index >= 15 is 0 Å². The molecule has 1 N–H and O–H groups in total. The number of ether oxygens (including phenoxy) is 1. The van der Waals surface area contributed by atoms with Crippen LogP contribution in [-0.4, -0.2) is 49.3 Å². The van der Waals surface area contributed by atoms with Gasteiger partial charge in [-0.15, -0.1) is 0 Å². The van der Waals surface area contributed by atoms with E-state index in [4.69, 9.17) is 4.74 Å². The third-order valence-electron chi connectivity index (χ3n) is 5.12. The smallest absolute Gasteiger partial charge is 0.339 e. The van der Waals surface area contributed by atoms with Crippen LogP contribution in [0.2, 0.25) is 0 Å². The highest BCUT2D eigenvalue weighted by molar-refractivity contribution is 7.89. The Morgan fingerprint density at radius 3 is 2.55 bits per heavy atom. The second-order valence-electron chi connectivity index (χ2n) is 7.34. The highest BCUT2D eigenvalue weighted by Gasteiger charge is 2.26. The second kappa shape index (κ2) is 10.0. The molecule has 0 atom stereocenters. The first kappa shape index (κ1) is 22.9. The Morgan fingerprint density at radius 1 is 1.13 bits per heavy atom. The quantitative estimate of drug-likeness (QED) is 0.657. The van der Waals surface area contributed by atoms with E-state index in [1.165, 1.54) is 16.4 Å². The molecule has 9 heteroatoms. The van der Waals surface area contributed by atoms with Crippen molar-refractivity contribution in [1.29, 1.82) is 0 Å². The molecule has 1 saturated heterocycles. The van der Waals surface area contributed by atoms with E-state index in [1.807, 2.05) is 0 Å². The molecule has 2 aromatic rings. The van der Waals surface area contributed by atoms with Crippen molar-refractivity contribution in [3.8, 4) is 0 Å². The Bertz CT molecular complexity index is 1060. The summed E-state index contributed by atoms with van der Waals surface area (Å²) in [5, 5.41) is 2.75. The lowest BCUT2D eigenvalue weighted by atomic mass is 10.1. The average Bonchev–Trinajstić information content (AvgIpc) is 2.78. The van der Waals surface area contributed by atoms with Gasteiger partial charge in [0.25, 0.3) is 5.91 Å². The summed E-state index contributed by atoms with van der Waals surface area (Å²) < 4.78 is 32.2. The number of nitrogens with zero attached hydrogens (tertiary/aromatic N) is 2. The van der Waals surface area contributed by atoms with Crippen LogP contribution in [0.1, 0.15) is 58.3 Å². The van der Waals surface area contributed by atoms with Crippen molar-refractivity contribution in [2.45, 2.75) is 44.6 Å². The topological polar surface area (TPSA) is 106 Å². The number of hydrogen-bond acceptors (Lipinski definition) is 6. The molecule has 8 nitrogen and oxygen atoms in total. The molecular weight excluding hydrogens is 418 g/mol. The van der Waals surface area contributed by atoms with Gasteiger partial charge in [-0.25, -0.2) is 18.2 Å². The van der Waals surface area contributed by atoms with Crippen molar-refractivity contribution in [3.63, 3.8) is 0 Å². The lowest BCUT2D eigenvalue weighted by molar-refractivity contribution is 0.0524. The minimum Gasteiger partial charge on any atom is -0.462 e. The molecule has 1 aliphatic rings. The van der Waals surface area contributed by atoms with Gasteiger partial charge in [-0.2, -0.15) is 4.31 Å². The van der Waals surface area contributed by atoms with E-state index in [-0.39, 0.29) is 23.7 Å². The number of rotatable bonds is 7. The average molecular weight is 446 g/mol. The summed E-state index contributed by atoms with van der Waals surface area (Å²) in [6, 6.07) is 9.58. The van der Waals surface area contributed by atoms with Crippen LogP contribution in [0.3, 0.4) is 0 Å². The van der Waals surface area contributed by atoms with E-state index < -0.39 is 21.9 Å². The van der Waals surface area contributed by atoms with Gasteiger partial charge in [0.2, 0.25) is 10.0 Å². The molecule has 0 unspecified atom stereocenters.